The molecule has 0 saturated carbocycles. The maximum atomic E-state index is 13.6. The molecule has 0 radical (unpaired) electrons. The molecule has 0 heterocycles. The molecule has 104 valence electrons. The normalized spacial score (nSPS) is 10.2. The Balaban J connectivity index is 2.13. The molecule has 0 atom stereocenters. The van der Waals surface area contributed by atoms with Gasteiger partial charge in [0.15, 0.2) is 5.11 Å². The molecule has 0 aliphatic rings. The highest BCUT2D eigenvalue weighted by Gasteiger charge is 2.09. The molecule has 0 aromatic heterocycles. The van der Waals surface area contributed by atoms with Crippen LogP contribution in [-0.4, -0.2) is 10.2 Å². The van der Waals surface area contributed by atoms with Gasteiger partial charge in [-0.25, -0.2) is 4.39 Å². The van der Waals surface area contributed by atoms with Crippen molar-refractivity contribution < 1.29 is 9.50 Å². The molecule has 0 unspecified atom stereocenters. The number of aromatic hydroxyl groups is 1. The van der Waals surface area contributed by atoms with Crippen LogP contribution in [-0.2, 0) is 0 Å². The first-order valence-electron chi connectivity index (χ1n) is 5.79. The Kier molecular flexibility index (Phi) is 4.42. The Bertz CT molecular complexity index is 664. The first kappa shape index (κ1) is 14.6. The quantitative estimate of drug-likeness (QED) is 0.571. The van der Waals surface area contributed by atoms with Gasteiger partial charge in [-0.3, -0.25) is 0 Å². The third kappa shape index (κ3) is 3.37. The van der Waals surface area contributed by atoms with Gasteiger partial charge in [0.2, 0.25) is 0 Å². The molecule has 2 aromatic carbocycles. The van der Waals surface area contributed by atoms with Crippen molar-refractivity contribution >= 4 is 40.3 Å². The molecule has 0 fully saturated rings. The summed E-state index contributed by atoms with van der Waals surface area (Å²) < 4.78 is 13.6. The van der Waals surface area contributed by atoms with Crippen LogP contribution < -0.4 is 10.6 Å². The molecule has 3 N–H and O–H groups in total. The predicted molar refractivity (Wildman–Crippen MR) is 84.1 cm³/mol. The van der Waals surface area contributed by atoms with Crippen molar-refractivity contribution in [2.45, 2.75) is 6.92 Å². The summed E-state index contributed by atoms with van der Waals surface area (Å²) in [5, 5.41) is 15.2. The minimum absolute atomic E-state index is 0.0487. The Labute approximate surface area is 126 Å². The van der Waals surface area contributed by atoms with Gasteiger partial charge in [-0.1, -0.05) is 29.8 Å². The number of para-hydroxylation sites is 1. The maximum absolute atomic E-state index is 13.6. The van der Waals surface area contributed by atoms with Crippen LogP contribution in [0.1, 0.15) is 5.56 Å². The second-order valence-corrected chi connectivity index (χ2v) is 4.99. The zero-order chi connectivity index (χ0) is 14.7. The van der Waals surface area contributed by atoms with Crippen LogP contribution in [0.5, 0.6) is 5.75 Å². The van der Waals surface area contributed by atoms with Gasteiger partial charge >= 0.3 is 0 Å². The lowest BCUT2D eigenvalue weighted by Gasteiger charge is -2.13. The number of hydrogen-bond donors (Lipinski definition) is 3. The van der Waals surface area contributed by atoms with E-state index in [4.69, 9.17) is 23.8 Å². The lowest BCUT2D eigenvalue weighted by Crippen LogP contribution is -2.20. The lowest BCUT2D eigenvalue weighted by atomic mass is 10.2. The van der Waals surface area contributed by atoms with Crippen LogP contribution in [0.15, 0.2) is 36.4 Å². The number of phenols is 1. The fourth-order valence-electron chi connectivity index (χ4n) is 1.62. The largest absolute Gasteiger partial charge is 0.506 e. The molecule has 0 saturated heterocycles. The number of anilines is 2. The summed E-state index contributed by atoms with van der Waals surface area (Å²) in [5.74, 6) is -0.951. The maximum Gasteiger partial charge on any atom is 0.175 e. The van der Waals surface area contributed by atoms with Crippen molar-refractivity contribution in [1.29, 1.82) is 0 Å². The Morgan fingerprint density at radius 3 is 2.55 bits per heavy atom. The fraction of sp³-hybridized carbons (Fsp3) is 0.0714. The zero-order valence-corrected chi connectivity index (χ0v) is 12.1. The van der Waals surface area contributed by atoms with Crippen molar-refractivity contribution in [2.75, 3.05) is 10.6 Å². The van der Waals surface area contributed by atoms with E-state index in [1.807, 2.05) is 31.2 Å². The monoisotopic (exact) mass is 310 g/mol. The SMILES string of the molecule is Cc1ccccc1NC(=S)Nc1cc(Cl)c(O)cc1F. The third-order valence-electron chi connectivity index (χ3n) is 2.68. The summed E-state index contributed by atoms with van der Waals surface area (Å²) in [5.41, 5.74) is 1.94. The van der Waals surface area contributed by atoms with Gasteiger partial charge in [0.25, 0.3) is 0 Å². The van der Waals surface area contributed by atoms with Gasteiger partial charge in [0.1, 0.15) is 11.6 Å². The van der Waals surface area contributed by atoms with E-state index in [1.54, 1.807) is 0 Å². The lowest BCUT2D eigenvalue weighted by molar-refractivity contribution is 0.470. The minimum atomic E-state index is -0.638. The topological polar surface area (TPSA) is 44.3 Å². The van der Waals surface area contributed by atoms with E-state index in [0.717, 1.165) is 17.3 Å². The number of thiocarbonyl (C=S) groups is 1. The van der Waals surface area contributed by atoms with E-state index in [2.05, 4.69) is 10.6 Å². The van der Waals surface area contributed by atoms with Crippen molar-refractivity contribution in [3.63, 3.8) is 0 Å². The number of hydrogen-bond acceptors (Lipinski definition) is 2. The number of rotatable bonds is 2. The molecule has 0 bridgehead atoms. The van der Waals surface area contributed by atoms with Gasteiger partial charge in [-0.15, -0.1) is 0 Å². The summed E-state index contributed by atoms with van der Waals surface area (Å²) >= 11 is 10.9. The van der Waals surface area contributed by atoms with Crippen LogP contribution in [0.3, 0.4) is 0 Å². The second-order valence-electron chi connectivity index (χ2n) is 4.18. The molecule has 3 nitrogen and oxygen atoms in total. The number of halogens is 2. The molecular weight excluding hydrogens is 299 g/mol. The molecular formula is C14H12ClFN2OS. The van der Waals surface area contributed by atoms with Crippen LogP contribution in [0.2, 0.25) is 5.02 Å². The summed E-state index contributed by atoms with van der Waals surface area (Å²) in [4.78, 5) is 0. The highest BCUT2D eigenvalue weighted by molar-refractivity contribution is 7.80. The Morgan fingerprint density at radius 2 is 1.85 bits per heavy atom. The van der Waals surface area contributed by atoms with E-state index < -0.39 is 5.82 Å². The van der Waals surface area contributed by atoms with E-state index in [1.165, 1.54) is 6.07 Å². The summed E-state index contributed by atoms with van der Waals surface area (Å²) in [6.45, 7) is 1.93. The fourth-order valence-corrected chi connectivity index (χ4v) is 2.00. The molecule has 2 rings (SSSR count). The van der Waals surface area contributed by atoms with Gasteiger partial charge in [-0.05, 0) is 36.8 Å². The van der Waals surface area contributed by atoms with Gasteiger partial charge in [0, 0.05) is 11.8 Å². The van der Waals surface area contributed by atoms with E-state index in [9.17, 15) is 9.50 Å². The van der Waals surface area contributed by atoms with E-state index in [-0.39, 0.29) is 21.6 Å². The second kappa shape index (κ2) is 6.07. The third-order valence-corrected chi connectivity index (χ3v) is 3.18. The van der Waals surface area contributed by atoms with Crippen LogP contribution >= 0.6 is 23.8 Å². The zero-order valence-electron chi connectivity index (χ0n) is 10.6. The van der Waals surface area contributed by atoms with E-state index >= 15 is 0 Å². The smallest absolute Gasteiger partial charge is 0.175 e. The number of aryl methyl sites for hydroxylation is 1. The Morgan fingerprint density at radius 1 is 1.20 bits per heavy atom. The molecule has 20 heavy (non-hydrogen) atoms. The summed E-state index contributed by atoms with van der Waals surface area (Å²) in [6.07, 6.45) is 0. The number of nitrogens with one attached hydrogen (secondary N) is 2. The summed E-state index contributed by atoms with van der Waals surface area (Å²) in [7, 11) is 0. The van der Waals surface area contributed by atoms with Crippen LogP contribution in [0.25, 0.3) is 0 Å². The standard InChI is InChI=1S/C14H12ClFN2OS/c1-8-4-2-3-5-11(8)17-14(20)18-12-6-9(15)13(19)7-10(12)16/h2-7,19H,1H3,(H2,17,18,20). The Hall–Kier alpha value is -1.85. The first-order chi connectivity index (χ1) is 9.47. The molecule has 2 aromatic rings. The van der Waals surface area contributed by atoms with Gasteiger partial charge in [0.05, 0.1) is 10.7 Å². The number of benzene rings is 2. The van der Waals surface area contributed by atoms with Crippen molar-refractivity contribution in [3.8, 4) is 5.75 Å². The van der Waals surface area contributed by atoms with Crippen LogP contribution in [0, 0.1) is 12.7 Å². The molecule has 0 amide bonds. The highest BCUT2D eigenvalue weighted by Crippen LogP contribution is 2.29. The highest BCUT2D eigenvalue weighted by atomic mass is 35.5. The predicted octanol–water partition coefficient (Wildman–Crippen LogP) is 4.30. The molecule has 0 aliphatic carbocycles. The van der Waals surface area contributed by atoms with Gasteiger partial charge in [-0.2, -0.15) is 0 Å². The average molecular weight is 311 g/mol. The van der Waals surface area contributed by atoms with E-state index in [0.29, 0.717) is 0 Å². The molecule has 0 spiro atoms. The first-order valence-corrected chi connectivity index (χ1v) is 6.57. The van der Waals surface area contributed by atoms with Crippen molar-refractivity contribution in [1.82, 2.24) is 0 Å². The number of phenolic OH excluding ortho intramolecular Hbond substituents is 1. The minimum Gasteiger partial charge on any atom is -0.506 e. The van der Waals surface area contributed by atoms with Gasteiger partial charge < -0.3 is 15.7 Å². The average Bonchev–Trinajstić information content (AvgIpc) is 2.39. The van der Waals surface area contributed by atoms with Crippen LogP contribution in [0.4, 0.5) is 15.8 Å². The summed E-state index contributed by atoms with van der Waals surface area (Å²) in [6, 6.07) is 9.79. The van der Waals surface area contributed by atoms with Crippen molar-refractivity contribution in [2.24, 2.45) is 0 Å². The molecule has 0 aliphatic heterocycles. The van der Waals surface area contributed by atoms with Crippen molar-refractivity contribution in [3.05, 3.63) is 52.8 Å². The molecule has 6 heteroatoms.